The average molecular weight is 643 g/mol. The van der Waals surface area contributed by atoms with Gasteiger partial charge >= 0.3 is 0 Å². The number of hydrogen-bond acceptors (Lipinski definition) is 2. The van der Waals surface area contributed by atoms with Gasteiger partial charge < -0.3 is 0 Å². The van der Waals surface area contributed by atoms with Gasteiger partial charge in [0.15, 0.2) is 0 Å². The second-order valence-corrected chi connectivity index (χ2v) is 15.0. The van der Waals surface area contributed by atoms with Crippen molar-refractivity contribution in [1.29, 1.82) is 0 Å². The Morgan fingerprint density at radius 2 is 0.833 bits per heavy atom. The van der Waals surface area contributed by atoms with E-state index in [1.807, 2.05) is 22.7 Å². The highest BCUT2D eigenvalue weighted by Crippen LogP contribution is 2.47. The summed E-state index contributed by atoms with van der Waals surface area (Å²) < 4.78 is 5.41. The molecule has 0 atom stereocenters. The van der Waals surface area contributed by atoms with Gasteiger partial charge in [-0.3, -0.25) is 0 Å². The Morgan fingerprint density at radius 3 is 1.58 bits per heavy atom. The van der Waals surface area contributed by atoms with Crippen molar-refractivity contribution in [3.8, 4) is 22.3 Å². The monoisotopic (exact) mass is 642 g/mol. The molecule has 222 valence electrons. The van der Waals surface area contributed by atoms with E-state index in [1.54, 1.807) is 0 Å². The minimum Gasteiger partial charge on any atom is -0.135 e. The fourth-order valence-corrected chi connectivity index (χ4v) is 10.4. The van der Waals surface area contributed by atoms with Gasteiger partial charge in [-0.05, 0) is 96.4 Å². The van der Waals surface area contributed by atoms with E-state index >= 15 is 0 Å². The zero-order valence-corrected chi connectivity index (χ0v) is 27.5. The van der Waals surface area contributed by atoms with E-state index in [1.165, 1.54) is 106 Å². The molecular formula is C46H26S2. The SMILES string of the molecule is c1ccc2cc(-c3c4ccccc4c(-c4ccc5sc6cc7ccc8c9ccccc9sc8c7cc6c5c4)c4ccccc34)ccc2c1. The van der Waals surface area contributed by atoms with Crippen molar-refractivity contribution < 1.29 is 0 Å². The second-order valence-electron chi connectivity index (χ2n) is 12.8. The smallest absolute Gasteiger partial charge is 0.0434 e. The van der Waals surface area contributed by atoms with Crippen LogP contribution in [0.15, 0.2) is 158 Å². The van der Waals surface area contributed by atoms with Crippen LogP contribution in [0.3, 0.4) is 0 Å². The Morgan fingerprint density at radius 1 is 0.271 bits per heavy atom. The average Bonchev–Trinajstić information content (AvgIpc) is 3.70. The lowest BCUT2D eigenvalue weighted by Gasteiger charge is -2.18. The van der Waals surface area contributed by atoms with E-state index in [0.29, 0.717) is 0 Å². The molecule has 0 nitrogen and oxygen atoms in total. The fourth-order valence-electron chi connectivity index (χ4n) is 8.03. The molecule has 9 aromatic carbocycles. The molecule has 0 bridgehead atoms. The highest BCUT2D eigenvalue weighted by molar-refractivity contribution is 7.27. The molecule has 11 rings (SSSR count). The van der Waals surface area contributed by atoms with Crippen LogP contribution in [-0.4, -0.2) is 0 Å². The van der Waals surface area contributed by atoms with Gasteiger partial charge in [0.25, 0.3) is 0 Å². The van der Waals surface area contributed by atoms with E-state index in [9.17, 15) is 0 Å². The maximum Gasteiger partial charge on any atom is 0.0434 e. The first-order valence-corrected chi connectivity index (χ1v) is 18.1. The summed E-state index contributed by atoms with van der Waals surface area (Å²) in [4.78, 5) is 0. The van der Waals surface area contributed by atoms with Crippen LogP contribution in [0.1, 0.15) is 0 Å². The molecule has 48 heavy (non-hydrogen) atoms. The predicted octanol–water partition coefficient (Wildman–Crippen LogP) is 14.4. The summed E-state index contributed by atoms with van der Waals surface area (Å²) in [5, 5.41) is 15.7. The Labute approximate surface area is 284 Å². The molecule has 0 N–H and O–H groups in total. The van der Waals surface area contributed by atoms with Crippen molar-refractivity contribution in [2.75, 3.05) is 0 Å². The first kappa shape index (κ1) is 26.5. The molecule has 0 amide bonds. The fraction of sp³-hybridized carbons (Fsp3) is 0. The maximum absolute atomic E-state index is 2.46. The van der Waals surface area contributed by atoms with Gasteiger partial charge in [-0.1, -0.05) is 121 Å². The molecule has 0 radical (unpaired) electrons. The van der Waals surface area contributed by atoms with Crippen LogP contribution in [0.25, 0.3) is 106 Å². The zero-order valence-electron chi connectivity index (χ0n) is 25.8. The van der Waals surface area contributed by atoms with Crippen LogP contribution in [-0.2, 0) is 0 Å². The molecule has 11 aromatic rings. The molecule has 0 saturated heterocycles. The van der Waals surface area contributed by atoms with Crippen LogP contribution in [0.4, 0.5) is 0 Å². The largest absolute Gasteiger partial charge is 0.135 e. The first-order chi connectivity index (χ1) is 23.8. The van der Waals surface area contributed by atoms with Gasteiger partial charge in [0, 0.05) is 45.7 Å². The Kier molecular flexibility index (Phi) is 5.51. The van der Waals surface area contributed by atoms with Crippen molar-refractivity contribution in [2.45, 2.75) is 0 Å². The standard InChI is InChI=1S/C46H26S2/c1-2-10-28-23-30(18-17-27(28)9-1)44-33-12-3-5-14-35(33)45(36-15-6-4-13-34(36)44)31-20-22-42-39(24-31)40-26-38-29(25-43(40)47-42)19-21-37-32-11-7-8-16-41(32)48-46(37)38/h1-26H. The van der Waals surface area contributed by atoms with Crippen molar-refractivity contribution in [2.24, 2.45) is 0 Å². The van der Waals surface area contributed by atoms with Crippen molar-refractivity contribution in [1.82, 2.24) is 0 Å². The third-order valence-corrected chi connectivity index (χ3v) is 12.6. The number of rotatable bonds is 2. The summed E-state index contributed by atoms with van der Waals surface area (Å²) >= 11 is 3.82. The van der Waals surface area contributed by atoms with Gasteiger partial charge in [0.2, 0.25) is 0 Å². The molecule has 0 unspecified atom stereocenters. The summed E-state index contributed by atoms with van der Waals surface area (Å²) in [5.74, 6) is 0. The highest BCUT2D eigenvalue weighted by Gasteiger charge is 2.18. The minimum atomic E-state index is 1.26. The number of hydrogen-bond donors (Lipinski definition) is 0. The lowest BCUT2D eigenvalue weighted by atomic mass is 9.85. The van der Waals surface area contributed by atoms with Gasteiger partial charge in [-0.2, -0.15) is 0 Å². The quantitative estimate of drug-likeness (QED) is 0.165. The molecule has 0 aliphatic carbocycles. The highest BCUT2D eigenvalue weighted by atomic mass is 32.1. The lowest BCUT2D eigenvalue weighted by Crippen LogP contribution is -1.91. The molecular weight excluding hydrogens is 617 g/mol. The van der Waals surface area contributed by atoms with Crippen LogP contribution < -0.4 is 0 Å². The molecule has 0 saturated carbocycles. The molecule has 2 aromatic heterocycles. The third-order valence-electron chi connectivity index (χ3n) is 10.2. The summed E-state index contributed by atoms with van der Waals surface area (Å²) in [6.45, 7) is 0. The summed E-state index contributed by atoms with van der Waals surface area (Å²) in [6, 6.07) is 58.9. The molecule has 0 aliphatic rings. The normalized spacial score (nSPS) is 12.2. The van der Waals surface area contributed by atoms with E-state index in [-0.39, 0.29) is 0 Å². The molecule has 2 heteroatoms. The summed E-state index contributed by atoms with van der Waals surface area (Å²) in [6.07, 6.45) is 0. The van der Waals surface area contributed by atoms with Crippen molar-refractivity contribution in [3.63, 3.8) is 0 Å². The topological polar surface area (TPSA) is 0 Å². The van der Waals surface area contributed by atoms with Crippen molar-refractivity contribution >= 4 is 106 Å². The van der Waals surface area contributed by atoms with E-state index in [4.69, 9.17) is 0 Å². The molecule has 0 spiro atoms. The Bertz CT molecular complexity index is 3060. The number of thiophene rings is 2. The van der Waals surface area contributed by atoms with Gasteiger partial charge in [0.05, 0.1) is 0 Å². The Hall–Kier alpha value is -5.54. The molecule has 2 heterocycles. The van der Waals surface area contributed by atoms with Crippen molar-refractivity contribution in [3.05, 3.63) is 158 Å². The third kappa shape index (κ3) is 3.76. The minimum absolute atomic E-state index is 1.26. The van der Waals surface area contributed by atoms with E-state index in [2.05, 4.69) is 158 Å². The summed E-state index contributed by atoms with van der Waals surface area (Å²) in [7, 11) is 0. The van der Waals surface area contributed by atoms with Crippen LogP contribution in [0.2, 0.25) is 0 Å². The van der Waals surface area contributed by atoms with E-state index in [0.717, 1.165) is 0 Å². The predicted molar refractivity (Wildman–Crippen MR) is 213 cm³/mol. The zero-order chi connectivity index (χ0) is 31.3. The van der Waals surface area contributed by atoms with Crippen LogP contribution >= 0.6 is 22.7 Å². The maximum atomic E-state index is 2.46. The number of benzene rings is 9. The number of fused-ring (bicyclic) bond motifs is 11. The van der Waals surface area contributed by atoms with Crippen LogP contribution in [0.5, 0.6) is 0 Å². The van der Waals surface area contributed by atoms with Gasteiger partial charge in [-0.15, -0.1) is 22.7 Å². The Balaban J connectivity index is 1.19. The van der Waals surface area contributed by atoms with Gasteiger partial charge in [-0.25, -0.2) is 0 Å². The first-order valence-electron chi connectivity index (χ1n) is 16.4. The lowest BCUT2D eigenvalue weighted by molar-refractivity contribution is 1.69. The second kappa shape index (κ2) is 9.98. The molecule has 0 aliphatic heterocycles. The van der Waals surface area contributed by atoms with Gasteiger partial charge in [0.1, 0.15) is 0 Å². The molecule has 0 fully saturated rings. The van der Waals surface area contributed by atoms with Crippen LogP contribution in [0, 0.1) is 0 Å². The summed E-state index contributed by atoms with van der Waals surface area (Å²) in [5.41, 5.74) is 5.13. The van der Waals surface area contributed by atoms with E-state index < -0.39 is 0 Å².